The van der Waals surface area contributed by atoms with Gasteiger partial charge in [0.2, 0.25) is 0 Å². The highest BCUT2D eigenvalue weighted by Crippen LogP contribution is 2.41. The Bertz CT molecular complexity index is 7070. The average Bonchev–Trinajstić information content (AvgIpc) is 1.62. The second-order valence-electron chi connectivity index (χ2n) is 28.4. The zero-order valence-corrected chi connectivity index (χ0v) is 64.1. The van der Waals surface area contributed by atoms with Gasteiger partial charge in [-0.1, -0.05) is 259 Å². The maximum Gasteiger partial charge on any atom is 0.259 e. The number of likely N-dealkylation sites (tertiary alicyclic amines) is 1. The number of fused-ring (bicyclic) bond motifs is 20. The van der Waals surface area contributed by atoms with Crippen molar-refractivity contribution in [1.29, 1.82) is 0 Å². The van der Waals surface area contributed by atoms with Gasteiger partial charge in [0.25, 0.3) is 5.56 Å². The molecule has 0 radical (unpaired) electrons. The Hall–Kier alpha value is -12.8. The Kier molecular flexibility index (Phi) is 18.1. The molecule has 1 aliphatic rings. The number of rotatable bonds is 8. The van der Waals surface area contributed by atoms with E-state index in [0.717, 1.165) is 150 Å². The van der Waals surface area contributed by atoms with Gasteiger partial charge in [0.15, 0.2) is 0 Å². The first-order valence-electron chi connectivity index (χ1n) is 37.4. The number of aromatic amines is 6. The van der Waals surface area contributed by atoms with Crippen LogP contribution >= 0.6 is 38.5 Å². The number of benzene rings is 15. The normalized spacial score (nSPS) is 12.5. The van der Waals surface area contributed by atoms with Gasteiger partial charge < -0.3 is 35.0 Å². The molecule has 22 rings (SSSR count). The molecule has 111 heavy (non-hydrogen) atoms. The number of H-pyrrole nitrogens is 6. The lowest BCUT2D eigenvalue weighted by Crippen LogP contribution is -2.28. The van der Waals surface area contributed by atoms with Gasteiger partial charge in [0, 0.05) is 97.3 Å². The minimum Gasteiger partial charge on any atom is -0.508 e. The predicted octanol–water partition coefficient (Wildman–Crippen LogP) is 24.7. The van der Waals surface area contributed by atoms with Gasteiger partial charge in [0.1, 0.15) is 29.0 Å². The summed E-state index contributed by atoms with van der Waals surface area (Å²) in [6.45, 7) is 5.58. The first-order chi connectivity index (χ1) is 54.6. The SMILES string of the molecule is Brc1ccc2[nH]cc(-c3nc(-c4ccccc4)c(-c4ccc(CN5CCCCC5)cc4)[nH]3)c2c1.Cc1ccccc1-c1nc2c3ccccc3c3ccccc3c2[nH]1.O=c1[nH]c2ccccc2cc1-c1nc2c3ccccc3c3ccccc3c2[nH]1.Oc1cccc(-c2nc3c4cc(I)ccc4c4ccccc4c3[nH]2)c1. The maximum atomic E-state index is 12.7. The smallest absolute Gasteiger partial charge is 0.259 e. The molecule has 15 heteroatoms. The molecule has 0 atom stereocenters. The fourth-order valence-corrected chi connectivity index (χ4v) is 16.9. The molecule has 6 aromatic heterocycles. The third-order valence-corrected chi connectivity index (χ3v) is 22.6. The Morgan fingerprint density at radius 2 is 0.919 bits per heavy atom. The molecule has 13 nitrogen and oxygen atoms in total. The molecule has 0 unspecified atom stereocenters. The lowest BCUT2D eigenvalue weighted by molar-refractivity contribution is 0.221. The summed E-state index contributed by atoms with van der Waals surface area (Å²) >= 11 is 5.95. The Morgan fingerprint density at radius 1 is 0.396 bits per heavy atom. The highest BCUT2D eigenvalue weighted by Gasteiger charge is 2.22. The quantitative estimate of drug-likeness (QED) is 0.0582. The van der Waals surface area contributed by atoms with Gasteiger partial charge in [-0.15, -0.1) is 0 Å². The van der Waals surface area contributed by atoms with Crippen LogP contribution in [-0.4, -0.2) is 72.9 Å². The number of halogens is 2. The van der Waals surface area contributed by atoms with Crippen molar-refractivity contribution in [3.63, 3.8) is 0 Å². The molecule has 7 N–H and O–H groups in total. The number of piperidine rings is 1. The average molecular weight is 1620 g/mol. The number of imidazole rings is 4. The van der Waals surface area contributed by atoms with Crippen molar-refractivity contribution in [1.82, 2.24) is 54.7 Å². The van der Waals surface area contributed by atoms with Gasteiger partial charge in [-0.25, -0.2) is 19.9 Å². The largest absolute Gasteiger partial charge is 0.508 e. The number of aromatic hydroxyl groups is 1. The van der Waals surface area contributed by atoms with Crippen LogP contribution < -0.4 is 5.56 Å². The topological polar surface area (TPSA) is 187 Å². The molecule has 0 amide bonds. The molecule has 536 valence electrons. The van der Waals surface area contributed by atoms with Crippen molar-refractivity contribution in [2.24, 2.45) is 0 Å². The van der Waals surface area contributed by atoms with E-state index in [9.17, 15) is 9.90 Å². The van der Waals surface area contributed by atoms with Crippen LogP contribution in [0.4, 0.5) is 0 Å². The van der Waals surface area contributed by atoms with Crippen LogP contribution in [-0.2, 0) is 6.54 Å². The number of pyridine rings is 1. The van der Waals surface area contributed by atoms with Crippen LogP contribution in [0.2, 0.25) is 0 Å². The summed E-state index contributed by atoms with van der Waals surface area (Å²) < 4.78 is 2.24. The fraction of sp³-hybridized carbons (Fsp3) is 0.0729. The van der Waals surface area contributed by atoms with Crippen molar-refractivity contribution in [2.45, 2.75) is 32.7 Å². The third-order valence-electron chi connectivity index (χ3n) is 21.4. The minimum absolute atomic E-state index is 0.147. The van der Waals surface area contributed by atoms with E-state index in [1.54, 1.807) is 12.1 Å². The molecule has 15 aromatic carbocycles. The van der Waals surface area contributed by atoms with E-state index >= 15 is 0 Å². The van der Waals surface area contributed by atoms with E-state index in [2.05, 4.69) is 287 Å². The summed E-state index contributed by atoms with van der Waals surface area (Å²) in [5.41, 5.74) is 18.3. The van der Waals surface area contributed by atoms with Crippen LogP contribution in [0, 0.1) is 10.5 Å². The van der Waals surface area contributed by atoms with E-state index in [1.807, 2.05) is 79.0 Å². The number of nitrogens with zero attached hydrogens (tertiary/aromatic N) is 5. The Morgan fingerprint density at radius 3 is 1.56 bits per heavy atom. The molecule has 1 aliphatic heterocycles. The Balaban J connectivity index is 0.000000101. The summed E-state index contributed by atoms with van der Waals surface area (Å²) in [7, 11) is 0. The third kappa shape index (κ3) is 13.1. The molecule has 1 saturated heterocycles. The maximum absolute atomic E-state index is 12.7. The van der Waals surface area contributed by atoms with Gasteiger partial charge in [-0.3, -0.25) is 9.69 Å². The number of nitrogens with one attached hydrogen (secondary N) is 6. The number of aromatic nitrogens is 10. The van der Waals surface area contributed by atoms with Crippen LogP contribution in [0.1, 0.15) is 30.4 Å². The van der Waals surface area contributed by atoms with Crippen LogP contribution in [0.5, 0.6) is 5.75 Å². The number of phenolic OH excluding ortho intramolecular Hbond substituents is 1. The highest BCUT2D eigenvalue weighted by atomic mass is 127. The molecular formula is C96H71BrIN11O2. The highest BCUT2D eigenvalue weighted by molar-refractivity contribution is 14.1. The molecule has 21 aromatic rings. The molecule has 0 bridgehead atoms. The van der Waals surface area contributed by atoms with Crippen molar-refractivity contribution < 1.29 is 5.11 Å². The molecule has 0 saturated carbocycles. The van der Waals surface area contributed by atoms with E-state index in [-0.39, 0.29) is 11.3 Å². The minimum atomic E-state index is -0.147. The molecule has 0 aliphatic carbocycles. The first-order valence-corrected chi connectivity index (χ1v) is 39.2. The summed E-state index contributed by atoms with van der Waals surface area (Å²) in [5, 5.41) is 26.1. The van der Waals surface area contributed by atoms with Crippen molar-refractivity contribution in [3.05, 3.63) is 327 Å². The van der Waals surface area contributed by atoms with Crippen LogP contribution in [0.15, 0.2) is 307 Å². The monoisotopic (exact) mass is 1620 g/mol. The molecule has 7 heterocycles. The molecule has 1 fully saturated rings. The second kappa shape index (κ2) is 29.3. The lowest BCUT2D eigenvalue weighted by atomic mass is 10.0. The predicted molar refractivity (Wildman–Crippen MR) is 470 cm³/mol. The number of hydrogen-bond donors (Lipinski definition) is 7. The summed E-state index contributed by atoms with van der Waals surface area (Å²) in [4.78, 5) is 55.5. The van der Waals surface area contributed by atoms with E-state index in [4.69, 9.17) is 19.9 Å². The van der Waals surface area contributed by atoms with Crippen molar-refractivity contribution >= 4 is 158 Å². The van der Waals surface area contributed by atoms with Gasteiger partial charge in [-0.2, -0.15) is 0 Å². The van der Waals surface area contributed by atoms with E-state index in [0.29, 0.717) is 11.4 Å². The Labute approximate surface area is 659 Å². The first kappa shape index (κ1) is 68.7. The number of aryl methyl sites for hydroxylation is 1. The standard InChI is InChI=1S/C29H27BrN4.C24H15N3O.C22H16N2.C21H13IN2O/c30-23-13-14-26-24(17-23)25(18-31-26)29-32-27(21-7-3-1-4-8-21)28(33-29)22-11-9-20(10-12-22)19-34-15-5-2-6-16-34;28-24-19(13-14-7-1-6-12-20(14)25-24)23-26-21-17-10-4-2-8-15(17)16-9-3-5-11-18(16)22(21)27-23;1-14-8-2-3-9-15(14)22-23-20-18-12-6-4-10-16(18)17-11-5-7-13-19(17)21(20)24-22;22-13-8-9-16-15-6-1-2-7-17(15)19-20(18(16)11-13)24-21(23-19)12-4-3-5-14(25)10-12/h1,3-4,7-14,17-18,31H,2,5-6,15-16,19H2,(H,32,33);1-13H,(H,25,28)(H,26,27);2-13H,1H3,(H,23,24);1-11,25H,(H,23,24). The summed E-state index contributed by atoms with van der Waals surface area (Å²) in [5.74, 6) is 3.40. The zero-order chi connectivity index (χ0) is 74.6. The van der Waals surface area contributed by atoms with E-state index in [1.165, 1.54) is 84.8 Å². The van der Waals surface area contributed by atoms with Gasteiger partial charge in [0.05, 0.1) is 50.1 Å². The fourth-order valence-electron chi connectivity index (χ4n) is 16.1. The number of para-hydroxylation sites is 1. The lowest BCUT2D eigenvalue weighted by Gasteiger charge is -2.26. The number of phenols is 1. The second-order valence-corrected chi connectivity index (χ2v) is 30.6. The summed E-state index contributed by atoms with van der Waals surface area (Å²) in [6.07, 6.45) is 6.04. The van der Waals surface area contributed by atoms with Crippen LogP contribution in [0.3, 0.4) is 0 Å². The zero-order valence-electron chi connectivity index (χ0n) is 60.4. The van der Waals surface area contributed by atoms with Crippen molar-refractivity contribution in [2.75, 3.05) is 13.1 Å². The number of hydrogen-bond acceptors (Lipinski definition) is 7. The molecule has 0 spiro atoms. The van der Waals surface area contributed by atoms with Crippen molar-refractivity contribution in [3.8, 4) is 73.8 Å². The van der Waals surface area contributed by atoms with Crippen LogP contribution in [0.25, 0.3) is 188 Å². The van der Waals surface area contributed by atoms with Gasteiger partial charge >= 0.3 is 0 Å². The summed E-state index contributed by atoms with van der Waals surface area (Å²) in [6, 6.07) is 99.4. The van der Waals surface area contributed by atoms with Gasteiger partial charge in [-0.05, 0) is 159 Å². The molecular weight excluding hydrogens is 1550 g/mol. The van der Waals surface area contributed by atoms with E-state index < -0.39 is 0 Å².